The molecule has 2 aromatic heterocycles. The van der Waals surface area contributed by atoms with E-state index >= 15 is 0 Å². The Morgan fingerprint density at radius 2 is 2.00 bits per heavy atom. The van der Waals surface area contributed by atoms with E-state index in [1.54, 1.807) is 24.3 Å². The number of hydrogen-bond donors (Lipinski definition) is 1. The van der Waals surface area contributed by atoms with E-state index in [-0.39, 0.29) is 37.2 Å². The van der Waals surface area contributed by atoms with Crippen molar-refractivity contribution in [2.75, 3.05) is 6.61 Å². The van der Waals surface area contributed by atoms with Crippen LogP contribution in [0.3, 0.4) is 0 Å². The predicted molar refractivity (Wildman–Crippen MR) is 110 cm³/mol. The number of aromatic nitrogens is 3. The molecule has 30 heavy (non-hydrogen) atoms. The SMILES string of the molecule is CC1(C)Cc2nc3c(cc2CO1)c(=O)n(CCCO)c(=O)n3Cc1ccccc1F. The van der Waals surface area contributed by atoms with E-state index in [4.69, 9.17) is 9.84 Å². The van der Waals surface area contributed by atoms with Crippen LogP contribution in [0.1, 0.15) is 37.1 Å². The number of hydrogen-bond acceptors (Lipinski definition) is 5. The Morgan fingerprint density at radius 1 is 1.23 bits per heavy atom. The second-order valence-corrected chi connectivity index (χ2v) is 8.18. The third-order valence-corrected chi connectivity index (χ3v) is 5.40. The number of rotatable bonds is 5. The molecule has 3 aromatic rings. The number of fused-ring (bicyclic) bond motifs is 2. The lowest BCUT2D eigenvalue weighted by Crippen LogP contribution is -2.41. The van der Waals surface area contributed by atoms with Crippen LogP contribution >= 0.6 is 0 Å². The molecule has 3 heterocycles. The van der Waals surface area contributed by atoms with Gasteiger partial charge in [-0.3, -0.25) is 13.9 Å². The van der Waals surface area contributed by atoms with Crippen LogP contribution in [0.25, 0.3) is 11.0 Å². The molecule has 0 saturated carbocycles. The van der Waals surface area contributed by atoms with Crippen LogP contribution in [0, 0.1) is 5.82 Å². The van der Waals surface area contributed by atoms with E-state index in [9.17, 15) is 14.0 Å². The average Bonchev–Trinajstić information content (AvgIpc) is 2.71. The molecule has 0 amide bonds. The summed E-state index contributed by atoms with van der Waals surface area (Å²) in [6.07, 6.45) is 0.801. The molecule has 0 radical (unpaired) electrons. The van der Waals surface area contributed by atoms with E-state index in [1.165, 1.54) is 10.6 Å². The van der Waals surface area contributed by atoms with Crippen molar-refractivity contribution in [2.45, 2.75) is 52.0 Å². The number of aliphatic hydroxyl groups excluding tert-OH is 1. The minimum absolute atomic E-state index is 0.0485. The summed E-state index contributed by atoms with van der Waals surface area (Å²) in [5.41, 5.74) is 0.717. The number of ether oxygens (including phenoxy) is 1. The van der Waals surface area contributed by atoms with Crippen molar-refractivity contribution >= 4 is 11.0 Å². The van der Waals surface area contributed by atoms with E-state index in [2.05, 4.69) is 4.98 Å². The van der Waals surface area contributed by atoms with E-state index < -0.39 is 22.7 Å². The summed E-state index contributed by atoms with van der Waals surface area (Å²) in [6.45, 7) is 4.12. The van der Waals surface area contributed by atoms with Gasteiger partial charge in [0.05, 0.1) is 29.8 Å². The van der Waals surface area contributed by atoms with Gasteiger partial charge in [0, 0.05) is 30.7 Å². The minimum atomic E-state index is -0.567. The molecule has 0 fully saturated rings. The first-order valence-corrected chi connectivity index (χ1v) is 9.95. The van der Waals surface area contributed by atoms with Crippen LogP contribution < -0.4 is 11.2 Å². The van der Waals surface area contributed by atoms with Crippen molar-refractivity contribution in [3.8, 4) is 0 Å². The van der Waals surface area contributed by atoms with Crippen molar-refractivity contribution in [3.63, 3.8) is 0 Å². The molecule has 0 saturated heterocycles. The van der Waals surface area contributed by atoms with Gasteiger partial charge in [-0.25, -0.2) is 14.2 Å². The van der Waals surface area contributed by atoms with Crippen molar-refractivity contribution < 1.29 is 14.2 Å². The summed E-state index contributed by atoms with van der Waals surface area (Å²) in [7, 11) is 0. The second kappa shape index (κ2) is 7.77. The van der Waals surface area contributed by atoms with Gasteiger partial charge in [-0.05, 0) is 32.4 Å². The van der Waals surface area contributed by atoms with E-state index in [1.807, 2.05) is 13.8 Å². The molecule has 4 rings (SSSR count). The first kappa shape index (κ1) is 20.4. The maximum Gasteiger partial charge on any atom is 0.332 e. The van der Waals surface area contributed by atoms with Crippen molar-refractivity contribution in [1.82, 2.24) is 14.1 Å². The van der Waals surface area contributed by atoms with Crippen LogP contribution in [0.15, 0.2) is 39.9 Å². The van der Waals surface area contributed by atoms with Crippen LogP contribution in [0.2, 0.25) is 0 Å². The molecule has 0 aliphatic carbocycles. The first-order valence-electron chi connectivity index (χ1n) is 9.95. The zero-order valence-corrected chi connectivity index (χ0v) is 17.0. The summed E-state index contributed by atoms with van der Waals surface area (Å²) in [6, 6.07) is 7.94. The fourth-order valence-electron chi connectivity index (χ4n) is 3.78. The molecule has 1 aliphatic rings. The Balaban J connectivity index is 1.98. The minimum Gasteiger partial charge on any atom is -0.396 e. The Hall–Kier alpha value is -2.84. The molecule has 1 aromatic carbocycles. The molecule has 0 atom stereocenters. The van der Waals surface area contributed by atoms with Gasteiger partial charge in [-0.2, -0.15) is 0 Å². The summed E-state index contributed by atoms with van der Waals surface area (Å²) in [4.78, 5) is 30.9. The van der Waals surface area contributed by atoms with Gasteiger partial charge >= 0.3 is 5.69 Å². The molecule has 1 aliphatic heterocycles. The normalized spacial score (nSPS) is 15.3. The van der Waals surface area contributed by atoms with Crippen LogP contribution in [0.4, 0.5) is 4.39 Å². The molecule has 7 nitrogen and oxygen atoms in total. The van der Waals surface area contributed by atoms with Crippen molar-refractivity contribution in [1.29, 1.82) is 0 Å². The second-order valence-electron chi connectivity index (χ2n) is 8.18. The molecule has 158 valence electrons. The third kappa shape index (κ3) is 3.68. The standard InChI is InChI=1S/C22H24FN3O4/c1-22(2)11-18-15(13-30-22)10-16-19(24-18)26(12-14-6-3-4-7-17(14)23)21(29)25(20(16)28)8-5-9-27/h3-4,6-7,10,27H,5,8-9,11-13H2,1-2H3. The number of nitrogens with zero attached hydrogens (tertiary/aromatic N) is 3. The Kier molecular flexibility index (Phi) is 5.29. The maximum atomic E-state index is 14.3. The first-order chi connectivity index (χ1) is 14.3. The highest BCUT2D eigenvalue weighted by Gasteiger charge is 2.28. The summed E-state index contributed by atoms with van der Waals surface area (Å²) >= 11 is 0. The van der Waals surface area contributed by atoms with Gasteiger partial charge in [0.1, 0.15) is 11.5 Å². The number of benzene rings is 1. The molecular weight excluding hydrogens is 389 g/mol. The van der Waals surface area contributed by atoms with Gasteiger partial charge in [0.2, 0.25) is 0 Å². The fraction of sp³-hybridized carbons (Fsp3) is 0.409. The zero-order chi connectivity index (χ0) is 21.5. The number of pyridine rings is 1. The largest absolute Gasteiger partial charge is 0.396 e. The smallest absolute Gasteiger partial charge is 0.332 e. The lowest BCUT2D eigenvalue weighted by atomic mass is 9.95. The number of halogens is 1. The van der Waals surface area contributed by atoms with Crippen molar-refractivity contribution in [2.24, 2.45) is 0 Å². The van der Waals surface area contributed by atoms with Gasteiger partial charge in [-0.15, -0.1) is 0 Å². The maximum absolute atomic E-state index is 14.3. The van der Waals surface area contributed by atoms with Crippen molar-refractivity contribution in [3.05, 3.63) is 73.8 Å². The van der Waals surface area contributed by atoms with Gasteiger partial charge in [0.25, 0.3) is 5.56 Å². The molecule has 0 unspecified atom stereocenters. The highest BCUT2D eigenvalue weighted by molar-refractivity contribution is 5.75. The monoisotopic (exact) mass is 413 g/mol. The predicted octanol–water partition coefficient (Wildman–Crippen LogP) is 1.98. The highest BCUT2D eigenvalue weighted by atomic mass is 19.1. The van der Waals surface area contributed by atoms with Crippen LogP contribution in [-0.2, 0) is 30.9 Å². The fourth-order valence-corrected chi connectivity index (χ4v) is 3.78. The van der Waals surface area contributed by atoms with Crippen LogP contribution in [-0.4, -0.2) is 31.4 Å². The summed E-state index contributed by atoms with van der Waals surface area (Å²) < 4.78 is 22.6. The molecule has 0 spiro atoms. The van der Waals surface area contributed by atoms with Gasteiger partial charge in [-0.1, -0.05) is 18.2 Å². The molecule has 1 N–H and O–H groups in total. The zero-order valence-electron chi connectivity index (χ0n) is 17.0. The Bertz CT molecular complexity index is 1230. The molecule has 0 bridgehead atoms. The Labute approximate surface area is 172 Å². The Morgan fingerprint density at radius 3 is 2.73 bits per heavy atom. The molecular formula is C22H24FN3O4. The van der Waals surface area contributed by atoms with E-state index in [0.29, 0.717) is 18.6 Å². The third-order valence-electron chi connectivity index (χ3n) is 5.40. The lowest BCUT2D eigenvalue weighted by molar-refractivity contribution is -0.0411. The van der Waals surface area contributed by atoms with Gasteiger partial charge in [0.15, 0.2) is 0 Å². The molecule has 8 heteroatoms. The van der Waals surface area contributed by atoms with Crippen LogP contribution in [0.5, 0.6) is 0 Å². The quantitative estimate of drug-likeness (QED) is 0.691. The summed E-state index contributed by atoms with van der Waals surface area (Å²) in [5, 5.41) is 9.45. The average molecular weight is 413 g/mol. The number of aliphatic hydroxyl groups is 1. The summed E-state index contributed by atoms with van der Waals surface area (Å²) in [5.74, 6) is -0.432. The van der Waals surface area contributed by atoms with Gasteiger partial charge < -0.3 is 9.84 Å². The highest BCUT2D eigenvalue weighted by Crippen LogP contribution is 2.28. The van der Waals surface area contributed by atoms with E-state index in [0.717, 1.165) is 15.8 Å². The lowest BCUT2D eigenvalue weighted by Gasteiger charge is -2.31. The topological polar surface area (TPSA) is 86.3 Å².